The topological polar surface area (TPSA) is 73.4 Å². The molecule has 0 spiro atoms. The Balaban J connectivity index is 1.89. The minimum atomic E-state index is -0.415. The third-order valence-corrected chi connectivity index (χ3v) is 3.91. The van der Waals surface area contributed by atoms with Gasteiger partial charge in [0.05, 0.1) is 25.3 Å². The number of fused-ring (bicyclic) bond motifs is 1. The number of benzene rings is 2. The summed E-state index contributed by atoms with van der Waals surface area (Å²) in [6, 6.07) is 11.0. The first-order valence-electron chi connectivity index (χ1n) is 8.33. The molecule has 0 aliphatic heterocycles. The maximum absolute atomic E-state index is 11.9. The molecule has 0 atom stereocenters. The van der Waals surface area contributed by atoms with E-state index >= 15 is 0 Å². The lowest BCUT2D eigenvalue weighted by Gasteiger charge is -2.09. The minimum absolute atomic E-state index is 0.392. The molecule has 3 aromatic rings. The van der Waals surface area contributed by atoms with Crippen molar-refractivity contribution < 1.29 is 19.0 Å². The number of carbonyl (C=O) groups excluding carboxylic acids is 1. The minimum Gasteiger partial charge on any atom is -0.493 e. The molecule has 1 N–H and O–H groups in total. The van der Waals surface area contributed by atoms with Crippen LogP contribution < -0.4 is 9.47 Å². The number of aromatic nitrogens is 2. The summed E-state index contributed by atoms with van der Waals surface area (Å²) < 4.78 is 15.7. The van der Waals surface area contributed by atoms with Crippen molar-refractivity contribution in [1.82, 2.24) is 9.97 Å². The van der Waals surface area contributed by atoms with E-state index in [2.05, 4.69) is 16.5 Å². The average molecular weight is 364 g/mol. The van der Waals surface area contributed by atoms with E-state index in [4.69, 9.17) is 14.2 Å². The molecule has 2 aromatic carbocycles. The molecule has 0 bridgehead atoms. The number of H-pyrrole nitrogens is 1. The van der Waals surface area contributed by atoms with E-state index in [-0.39, 0.29) is 0 Å². The number of rotatable bonds is 7. The summed E-state index contributed by atoms with van der Waals surface area (Å²) >= 11 is 0. The van der Waals surface area contributed by atoms with E-state index in [0.29, 0.717) is 35.0 Å². The van der Waals surface area contributed by atoms with Crippen molar-refractivity contribution in [1.29, 1.82) is 0 Å². The lowest BCUT2D eigenvalue weighted by atomic mass is 10.2. The number of carbonyl (C=O) groups is 1. The predicted octanol–water partition coefficient (Wildman–Crippen LogP) is 4.09. The lowest BCUT2D eigenvalue weighted by molar-refractivity contribution is 0.0603. The van der Waals surface area contributed by atoms with Gasteiger partial charge in [0.1, 0.15) is 17.9 Å². The quantitative estimate of drug-likeness (QED) is 0.505. The Hall–Kier alpha value is -3.54. The Morgan fingerprint density at radius 2 is 2.04 bits per heavy atom. The number of nitrogens with one attached hydrogen (secondary N) is 1. The van der Waals surface area contributed by atoms with Crippen LogP contribution in [0.2, 0.25) is 0 Å². The van der Waals surface area contributed by atoms with Gasteiger partial charge in [0.25, 0.3) is 0 Å². The summed E-state index contributed by atoms with van der Waals surface area (Å²) in [5.74, 6) is 1.50. The molecular weight excluding hydrogens is 344 g/mol. The number of ether oxygens (including phenoxy) is 3. The normalized spacial score (nSPS) is 10.9. The summed E-state index contributed by atoms with van der Waals surface area (Å²) in [5, 5.41) is 0. The largest absolute Gasteiger partial charge is 0.493 e. The molecule has 1 aromatic heterocycles. The smallest absolute Gasteiger partial charge is 0.340 e. The Morgan fingerprint density at radius 1 is 1.19 bits per heavy atom. The number of methoxy groups -OCH3 is 2. The van der Waals surface area contributed by atoms with Gasteiger partial charge < -0.3 is 19.2 Å². The first-order valence-corrected chi connectivity index (χ1v) is 8.33. The summed E-state index contributed by atoms with van der Waals surface area (Å²) in [6.45, 7) is 4.04. The average Bonchev–Trinajstić information content (AvgIpc) is 3.13. The van der Waals surface area contributed by atoms with Gasteiger partial charge in [-0.2, -0.15) is 0 Å². The third kappa shape index (κ3) is 4.00. The molecule has 0 unspecified atom stereocenters. The molecule has 0 saturated heterocycles. The zero-order valence-electron chi connectivity index (χ0n) is 15.2. The van der Waals surface area contributed by atoms with E-state index in [1.165, 1.54) is 7.11 Å². The summed E-state index contributed by atoms with van der Waals surface area (Å²) in [6.07, 6.45) is 5.41. The van der Waals surface area contributed by atoms with Gasteiger partial charge >= 0.3 is 5.97 Å². The second kappa shape index (κ2) is 8.23. The maximum Gasteiger partial charge on any atom is 0.340 e. The van der Waals surface area contributed by atoms with Gasteiger partial charge in [-0.25, -0.2) is 9.78 Å². The Bertz CT molecular complexity index is 1000. The van der Waals surface area contributed by atoms with Crippen LogP contribution in [0.5, 0.6) is 11.5 Å². The first kappa shape index (κ1) is 18.3. The predicted molar refractivity (Wildman–Crippen MR) is 105 cm³/mol. The fourth-order valence-corrected chi connectivity index (χ4v) is 2.64. The number of aromatic amines is 1. The van der Waals surface area contributed by atoms with Crippen molar-refractivity contribution in [3.8, 4) is 11.5 Å². The molecule has 6 heteroatoms. The highest BCUT2D eigenvalue weighted by molar-refractivity contribution is 6.02. The van der Waals surface area contributed by atoms with E-state index in [0.717, 1.165) is 11.1 Å². The second-order valence-corrected chi connectivity index (χ2v) is 5.66. The van der Waals surface area contributed by atoms with E-state index in [9.17, 15) is 4.79 Å². The van der Waals surface area contributed by atoms with Crippen LogP contribution in [0, 0.1) is 0 Å². The molecular formula is C21H20N2O4. The molecule has 27 heavy (non-hydrogen) atoms. The van der Waals surface area contributed by atoms with Crippen LogP contribution in [0.4, 0.5) is 0 Å². The van der Waals surface area contributed by atoms with Crippen LogP contribution in [0.25, 0.3) is 23.2 Å². The van der Waals surface area contributed by atoms with Crippen molar-refractivity contribution >= 4 is 29.2 Å². The van der Waals surface area contributed by atoms with Crippen LogP contribution >= 0.6 is 0 Å². The number of nitrogens with zero attached hydrogens (tertiary/aromatic N) is 1. The van der Waals surface area contributed by atoms with Crippen molar-refractivity contribution in [2.45, 2.75) is 0 Å². The Labute approximate surface area is 157 Å². The van der Waals surface area contributed by atoms with Crippen molar-refractivity contribution in [3.63, 3.8) is 0 Å². The van der Waals surface area contributed by atoms with Crippen molar-refractivity contribution in [3.05, 3.63) is 66.0 Å². The summed E-state index contributed by atoms with van der Waals surface area (Å²) in [5.41, 5.74) is 2.69. The molecule has 138 valence electrons. The molecule has 6 nitrogen and oxygen atoms in total. The fraction of sp³-hybridized carbons (Fsp3) is 0.143. The summed E-state index contributed by atoms with van der Waals surface area (Å²) in [4.78, 5) is 19.5. The molecule has 0 aliphatic rings. The SMILES string of the molecule is C=CCOc1cc(C=Cc2nc3c(C(=O)OC)cccc3[nH]2)ccc1OC. The molecule has 0 saturated carbocycles. The molecule has 0 amide bonds. The van der Waals surface area contributed by atoms with Crippen LogP contribution in [-0.4, -0.2) is 36.8 Å². The molecule has 1 heterocycles. The highest BCUT2D eigenvalue weighted by atomic mass is 16.5. The van der Waals surface area contributed by atoms with Crippen LogP contribution in [0.15, 0.2) is 49.1 Å². The highest BCUT2D eigenvalue weighted by Gasteiger charge is 2.13. The van der Waals surface area contributed by atoms with Crippen LogP contribution in [0.1, 0.15) is 21.7 Å². The lowest BCUT2D eigenvalue weighted by Crippen LogP contribution is -2.01. The molecule has 0 radical (unpaired) electrons. The van der Waals surface area contributed by atoms with Gasteiger partial charge in [-0.15, -0.1) is 0 Å². The van der Waals surface area contributed by atoms with Gasteiger partial charge in [0.15, 0.2) is 11.5 Å². The molecule has 0 fully saturated rings. The Morgan fingerprint density at radius 3 is 2.78 bits per heavy atom. The maximum atomic E-state index is 11.9. The number of imidazole rings is 1. The highest BCUT2D eigenvalue weighted by Crippen LogP contribution is 2.29. The van der Waals surface area contributed by atoms with Gasteiger partial charge in [0, 0.05) is 0 Å². The van der Waals surface area contributed by atoms with Crippen LogP contribution in [0.3, 0.4) is 0 Å². The molecule has 3 rings (SSSR count). The third-order valence-electron chi connectivity index (χ3n) is 3.91. The number of hydrogen-bond acceptors (Lipinski definition) is 5. The van der Waals surface area contributed by atoms with Crippen molar-refractivity contribution in [2.24, 2.45) is 0 Å². The molecule has 0 aliphatic carbocycles. The number of esters is 1. The standard InChI is InChI=1S/C21H20N2O4/c1-4-12-27-18-13-14(8-10-17(18)25-2)9-11-19-22-16-7-5-6-15(20(16)23-19)21(24)26-3/h4-11,13H,1,12H2,2-3H3,(H,22,23). The zero-order chi connectivity index (χ0) is 19.2. The van der Waals surface area contributed by atoms with E-state index in [1.807, 2.05) is 36.4 Å². The van der Waals surface area contributed by atoms with Gasteiger partial charge in [0.2, 0.25) is 0 Å². The second-order valence-electron chi connectivity index (χ2n) is 5.66. The Kier molecular flexibility index (Phi) is 5.56. The van der Waals surface area contributed by atoms with Crippen LogP contribution in [-0.2, 0) is 4.74 Å². The van der Waals surface area contributed by atoms with Gasteiger partial charge in [-0.05, 0) is 35.9 Å². The summed E-state index contributed by atoms with van der Waals surface area (Å²) in [7, 11) is 2.95. The zero-order valence-corrected chi connectivity index (χ0v) is 15.2. The monoisotopic (exact) mass is 364 g/mol. The van der Waals surface area contributed by atoms with Crippen molar-refractivity contribution in [2.75, 3.05) is 20.8 Å². The fourth-order valence-electron chi connectivity index (χ4n) is 2.64. The van der Waals surface area contributed by atoms with E-state index < -0.39 is 5.97 Å². The number of para-hydroxylation sites is 1. The van der Waals surface area contributed by atoms with Gasteiger partial charge in [-0.1, -0.05) is 30.9 Å². The number of hydrogen-bond donors (Lipinski definition) is 1. The first-order chi connectivity index (χ1) is 13.2. The van der Waals surface area contributed by atoms with Gasteiger partial charge in [-0.3, -0.25) is 0 Å². The van der Waals surface area contributed by atoms with E-state index in [1.54, 1.807) is 25.3 Å².